The van der Waals surface area contributed by atoms with Crippen LogP contribution in [0.3, 0.4) is 0 Å². The summed E-state index contributed by atoms with van der Waals surface area (Å²) in [5, 5.41) is 4.73. The Balaban J connectivity index is 1.62. The van der Waals surface area contributed by atoms with Gasteiger partial charge in [-0.05, 0) is 13.3 Å². The van der Waals surface area contributed by atoms with Gasteiger partial charge in [0.1, 0.15) is 0 Å². The van der Waals surface area contributed by atoms with Gasteiger partial charge in [0, 0.05) is 50.3 Å². The summed E-state index contributed by atoms with van der Waals surface area (Å²) >= 11 is 0. The van der Waals surface area contributed by atoms with Gasteiger partial charge in [-0.25, -0.2) is 4.98 Å². The fraction of sp³-hybridized carbons (Fsp3) is 0.350. The highest BCUT2D eigenvalue weighted by Gasteiger charge is 2.27. The molecule has 0 radical (unpaired) electrons. The van der Waals surface area contributed by atoms with Crippen molar-refractivity contribution in [3.63, 3.8) is 0 Å². The molecule has 6 nitrogen and oxygen atoms in total. The van der Waals surface area contributed by atoms with Crippen molar-refractivity contribution in [1.82, 2.24) is 19.7 Å². The van der Waals surface area contributed by atoms with Crippen molar-refractivity contribution in [2.45, 2.75) is 26.7 Å². The van der Waals surface area contributed by atoms with Gasteiger partial charge in [-0.3, -0.25) is 9.48 Å². The maximum Gasteiger partial charge on any atom is 0.291 e. The highest BCUT2D eigenvalue weighted by molar-refractivity contribution is 5.92. The van der Waals surface area contributed by atoms with Crippen molar-refractivity contribution in [2.24, 2.45) is 7.05 Å². The molecule has 6 heteroatoms. The summed E-state index contributed by atoms with van der Waals surface area (Å²) in [6, 6.07) is 10.2. The summed E-state index contributed by atoms with van der Waals surface area (Å²) < 4.78 is 7.48. The molecule has 4 rings (SSSR count). The van der Waals surface area contributed by atoms with Crippen LogP contribution < -0.4 is 0 Å². The summed E-state index contributed by atoms with van der Waals surface area (Å²) in [6.07, 6.45) is 1.56. The Bertz CT molecular complexity index is 956. The number of oxazole rings is 1. The molecule has 0 unspecified atom stereocenters. The molecule has 0 saturated heterocycles. The molecule has 0 fully saturated rings. The van der Waals surface area contributed by atoms with Crippen LogP contribution in [0, 0.1) is 13.8 Å². The normalized spacial score (nSPS) is 14.2. The summed E-state index contributed by atoms with van der Waals surface area (Å²) in [7, 11) is 1.98. The van der Waals surface area contributed by atoms with E-state index in [-0.39, 0.29) is 5.91 Å². The maximum absolute atomic E-state index is 12.9. The lowest BCUT2D eigenvalue weighted by molar-refractivity contribution is 0.0728. The third-order valence-electron chi connectivity index (χ3n) is 4.96. The monoisotopic (exact) mass is 350 g/mol. The lowest BCUT2D eigenvalue weighted by Crippen LogP contribution is -2.33. The molecule has 0 spiro atoms. The number of hydrogen-bond acceptors (Lipinski definition) is 4. The van der Waals surface area contributed by atoms with Gasteiger partial charge in [0.15, 0.2) is 5.89 Å². The van der Waals surface area contributed by atoms with E-state index in [1.807, 2.05) is 41.8 Å². The molecule has 26 heavy (non-hydrogen) atoms. The molecule has 3 aromatic rings. The van der Waals surface area contributed by atoms with Crippen molar-refractivity contribution < 1.29 is 9.21 Å². The standard InChI is InChI=1S/C20H22N4O2/c1-13-19(26-14(2)21-13)20(25)24-11-9-16-17(10-12-24)23(3)22-18(16)15-7-5-4-6-8-15/h4-8H,9-12H2,1-3H3. The predicted octanol–water partition coefficient (Wildman–Crippen LogP) is 2.93. The molecule has 0 bridgehead atoms. The first kappa shape index (κ1) is 16.6. The van der Waals surface area contributed by atoms with E-state index in [9.17, 15) is 4.79 Å². The molecule has 0 saturated carbocycles. The van der Waals surface area contributed by atoms with E-state index < -0.39 is 0 Å². The topological polar surface area (TPSA) is 64.2 Å². The number of nitrogens with zero attached hydrogens (tertiary/aromatic N) is 4. The second kappa shape index (κ2) is 6.44. The van der Waals surface area contributed by atoms with E-state index in [2.05, 4.69) is 17.1 Å². The van der Waals surface area contributed by atoms with Gasteiger partial charge in [0.25, 0.3) is 5.91 Å². The maximum atomic E-state index is 12.9. The molecule has 134 valence electrons. The van der Waals surface area contributed by atoms with E-state index in [0.717, 1.165) is 24.1 Å². The zero-order valence-corrected chi connectivity index (χ0v) is 15.3. The first-order valence-electron chi connectivity index (χ1n) is 8.88. The molecule has 1 aromatic carbocycles. The number of rotatable bonds is 2. The second-order valence-corrected chi connectivity index (χ2v) is 6.70. The van der Waals surface area contributed by atoms with Crippen LogP contribution in [0.2, 0.25) is 0 Å². The van der Waals surface area contributed by atoms with Gasteiger partial charge in [-0.1, -0.05) is 30.3 Å². The van der Waals surface area contributed by atoms with Crippen molar-refractivity contribution in [2.75, 3.05) is 13.1 Å². The van der Waals surface area contributed by atoms with E-state index in [0.29, 0.717) is 30.4 Å². The molecule has 0 N–H and O–H groups in total. The molecular formula is C20H22N4O2. The van der Waals surface area contributed by atoms with Crippen molar-refractivity contribution in [1.29, 1.82) is 0 Å². The zero-order valence-electron chi connectivity index (χ0n) is 15.3. The Morgan fingerprint density at radius 2 is 1.85 bits per heavy atom. The number of benzene rings is 1. The molecule has 1 aliphatic heterocycles. The Morgan fingerprint density at radius 1 is 1.12 bits per heavy atom. The molecule has 0 aliphatic carbocycles. The minimum Gasteiger partial charge on any atom is -0.436 e. The van der Waals surface area contributed by atoms with Crippen molar-refractivity contribution in [3.05, 3.63) is 58.9 Å². The SMILES string of the molecule is Cc1nc(C)c(C(=O)N2CCc3c(-c4ccccc4)nn(C)c3CC2)o1. The summed E-state index contributed by atoms with van der Waals surface area (Å²) in [5.74, 6) is 0.805. The Labute approximate surface area is 152 Å². The Morgan fingerprint density at radius 3 is 2.54 bits per heavy atom. The molecule has 1 amide bonds. The van der Waals surface area contributed by atoms with Crippen molar-refractivity contribution in [3.8, 4) is 11.3 Å². The largest absolute Gasteiger partial charge is 0.436 e. The van der Waals surface area contributed by atoms with Crippen LogP contribution >= 0.6 is 0 Å². The molecule has 2 aromatic heterocycles. The van der Waals surface area contributed by atoms with Crippen LogP contribution in [-0.4, -0.2) is 38.7 Å². The average molecular weight is 350 g/mol. The number of carbonyl (C=O) groups excluding carboxylic acids is 1. The highest BCUT2D eigenvalue weighted by Crippen LogP contribution is 2.28. The number of aryl methyl sites for hydroxylation is 3. The number of aromatic nitrogens is 3. The van der Waals surface area contributed by atoms with Gasteiger partial charge in [0.2, 0.25) is 5.76 Å². The van der Waals surface area contributed by atoms with Gasteiger partial charge in [-0.15, -0.1) is 0 Å². The number of carbonyl (C=O) groups is 1. The summed E-state index contributed by atoms with van der Waals surface area (Å²) in [6.45, 7) is 4.88. The van der Waals surface area contributed by atoms with Crippen LogP contribution in [0.1, 0.15) is 33.4 Å². The molecular weight excluding hydrogens is 328 g/mol. The fourth-order valence-corrected chi connectivity index (χ4v) is 3.68. The van der Waals surface area contributed by atoms with E-state index in [4.69, 9.17) is 9.52 Å². The lowest BCUT2D eigenvalue weighted by atomic mass is 10.0. The van der Waals surface area contributed by atoms with Gasteiger partial charge in [-0.2, -0.15) is 5.10 Å². The summed E-state index contributed by atoms with van der Waals surface area (Å²) in [4.78, 5) is 19.0. The Hall–Kier alpha value is -2.89. The minimum absolute atomic E-state index is 0.0786. The minimum atomic E-state index is -0.0786. The van der Waals surface area contributed by atoms with Crippen LogP contribution in [0.4, 0.5) is 0 Å². The second-order valence-electron chi connectivity index (χ2n) is 6.70. The first-order valence-corrected chi connectivity index (χ1v) is 8.88. The first-order chi connectivity index (χ1) is 12.5. The van der Waals surface area contributed by atoms with Crippen LogP contribution in [0.25, 0.3) is 11.3 Å². The molecule has 1 aliphatic rings. The number of hydrogen-bond donors (Lipinski definition) is 0. The van der Waals surface area contributed by atoms with Crippen molar-refractivity contribution >= 4 is 5.91 Å². The third kappa shape index (κ3) is 2.81. The van der Waals surface area contributed by atoms with Gasteiger partial charge in [0.05, 0.1) is 11.4 Å². The lowest BCUT2D eigenvalue weighted by Gasteiger charge is -2.19. The number of fused-ring (bicyclic) bond motifs is 1. The Kier molecular flexibility index (Phi) is 4.11. The van der Waals surface area contributed by atoms with E-state index in [1.165, 1.54) is 11.3 Å². The molecule has 0 atom stereocenters. The van der Waals surface area contributed by atoms with Gasteiger partial charge < -0.3 is 9.32 Å². The van der Waals surface area contributed by atoms with Crippen LogP contribution in [0.15, 0.2) is 34.7 Å². The van der Waals surface area contributed by atoms with E-state index >= 15 is 0 Å². The number of amides is 1. The predicted molar refractivity (Wildman–Crippen MR) is 97.9 cm³/mol. The van der Waals surface area contributed by atoms with Crippen LogP contribution in [0.5, 0.6) is 0 Å². The third-order valence-corrected chi connectivity index (χ3v) is 4.96. The quantitative estimate of drug-likeness (QED) is 0.713. The summed E-state index contributed by atoms with van der Waals surface area (Å²) in [5.41, 5.74) is 5.22. The zero-order chi connectivity index (χ0) is 18.3. The van der Waals surface area contributed by atoms with E-state index in [1.54, 1.807) is 6.92 Å². The van der Waals surface area contributed by atoms with Gasteiger partial charge >= 0.3 is 0 Å². The fourth-order valence-electron chi connectivity index (χ4n) is 3.68. The smallest absolute Gasteiger partial charge is 0.291 e. The average Bonchev–Trinajstić information content (AvgIpc) is 3.04. The highest BCUT2D eigenvalue weighted by atomic mass is 16.4. The van der Waals surface area contributed by atoms with Crippen LogP contribution in [-0.2, 0) is 19.9 Å². The molecule has 3 heterocycles.